The zero-order valence-corrected chi connectivity index (χ0v) is 12.3. The summed E-state index contributed by atoms with van der Waals surface area (Å²) in [4.78, 5) is 18.6. The number of nitrogens with zero attached hydrogens (tertiary/aromatic N) is 1. The van der Waals surface area contributed by atoms with E-state index >= 15 is 0 Å². The van der Waals surface area contributed by atoms with Crippen molar-refractivity contribution in [3.8, 4) is 0 Å². The van der Waals surface area contributed by atoms with Crippen LogP contribution < -0.4 is 10.8 Å². The van der Waals surface area contributed by atoms with Crippen LogP contribution in [0.25, 0.3) is 17.1 Å². The van der Waals surface area contributed by atoms with Gasteiger partial charge in [-0.3, -0.25) is 10.0 Å². The van der Waals surface area contributed by atoms with Gasteiger partial charge in [-0.05, 0) is 35.9 Å². The van der Waals surface area contributed by atoms with Crippen LogP contribution in [0.4, 0.5) is 5.69 Å². The largest absolute Gasteiger partial charge is 0.379 e. The minimum absolute atomic E-state index is 0.568. The maximum Gasteiger partial charge on any atom is 0.267 e. The summed E-state index contributed by atoms with van der Waals surface area (Å²) in [7, 11) is 0. The Bertz CT molecular complexity index is 821. The minimum Gasteiger partial charge on any atom is -0.379 e. The van der Waals surface area contributed by atoms with Gasteiger partial charge >= 0.3 is 0 Å². The monoisotopic (exact) mass is 308 g/mol. The van der Waals surface area contributed by atoms with Crippen molar-refractivity contribution < 1.29 is 10.0 Å². The fraction of sp³-hybridized carbons (Fsp3) is 0.0588. The molecule has 23 heavy (non-hydrogen) atoms. The Morgan fingerprint density at radius 2 is 2.13 bits per heavy atom. The van der Waals surface area contributed by atoms with Crippen LogP contribution in [-0.2, 0) is 11.3 Å². The number of carbonyl (C=O) groups is 1. The van der Waals surface area contributed by atoms with Gasteiger partial charge in [-0.1, -0.05) is 18.2 Å². The Morgan fingerprint density at radius 3 is 2.96 bits per heavy atom. The number of rotatable bonds is 5. The summed E-state index contributed by atoms with van der Waals surface area (Å²) in [6, 6.07) is 13.6. The third-order valence-electron chi connectivity index (χ3n) is 3.40. The number of nitrogens with one attached hydrogen (secondary N) is 3. The molecule has 0 aliphatic heterocycles. The molecule has 6 heteroatoms. The molecule has 6 nitrogen and oxygen atoms in total. The number of hydrogen-bond donors (Lipinski definition) is 4. The number of carbonyl (C=O) groups excluding carboxylic acids is 1. The van der Waals surface area contributed by atoms with Crippen molar-refractivity contribution in [3.05, 3.63) is 66.0 Å². The fourth-order valence-corrected chi connectivity index (χ4v) is 2.31. The summed E-state index contributed by atoms with van der Waals surface area (Å²) in [5, 5.41) is 12.9. The normalized spacial score (nSPS) is 11.0. The van der Waals surface area contributed by atoms with Crippen LogP contribution >= 0.6 is 0 Å². The highest BCUT2D eigenvalue weighted by Crippen LogP contribution is 2.19. The highest BCUT2D eigenvalue weighted by atomic mass is 16.5. The lowest BCUT2D eigenvalue weighted by Crippen LogP contribution is -2.14. The molecule has 0 aliphatic rings. The molecule has 2 heterocycles. The van der Waals surface area contributed by atoms with Gasteiger partial charge in [-0.15, -0.1) is 0 Å². The van der Waals surface area contributed by atoms with Crippen LogP contribution in [0.2, 0.25) is 0 Å². The first-order valence-corrected chi connectivity index (χ1v) is 7.14. The summed E-state index contributed by atoms with van der Waals surface area (Å²) in [5.41, 5.74) is 5.19. The van der Waals surface area contributed by atoms with Gasteiger partial charge < -0.3 is 10.3 Å². The molecule has 4 N–H and O–H groups in total. The van der Waals surface area contributed by atoms with Crippen LogP contribution in [0, 0.1) is 0 Å². The Kier molecular flexibility index (Phi) is 4.35. The molecule has 0 aliphatic carbocycles. The minimum atomic E-state index is -0.568. The van der Waals surface area contributed by atoms with E-state index in [4.69, 9.17) is 5.21 Å². The third-order valence-corrected chi connectivity index (χ3v) is 3.40. The second kappa shape index (κ2) is 6.76. The van der Waals surface area contributed by atoms with Crippen molar-refractivity contribution in [1.82, 2.24) is 15.4 Å². The second-order valence-corrected chi connectivity index (χ2v) is 4.99. The lowest BCUT2D eigenvalue weighted by Gasteiger charge is -2.08. The molecule has 2 aromatic heterocycles. The first-order chi connectivity index (χ1) is 11.3. The summed E-state index contributed by atoms with van der Waals surface area (Å²) in [5.74, 6) is -0.568. The highest BCUT2D eigenvalue weighted by molar-refractivity contribution is 5.91. The number of hydroxylamine groups is 1. The van der Waals surface area contributed by atoms with Crippen LogP contribution in [0.1, 0.15) is 11.3 Å². The van der Waals surface area contributed by atoms with E-state index in [2.05, 4.69) is 15.3 Å². The lowest BCUT2D eigenvalue weighted by atomic mass is 10.1. The van der Waals surface area contributed by atoms with E-state index in [1.807, 2.05) is 42.5 Å². The van der Waals surface area contributed by atoms with Crippen molar-refractivity contribution in [2.75, 3.05) is 5.32 Å². The Labute approximate surface area is 132 Å². The number of pyridine rings is 1. The molecule has 3 aromatic rings. The van der Waals surface area contributed by atoms with Gasteiger partial charge in [0.2, 0.25) is 0 Å². The van der Waals surface area contributed by atoms with Crippen molar-refractivity contribution in [2.24, 2.45) is 0 Å². The Balaban J connectivity index is 1.75. The predicted molar refractivity (Wildman–Crippen MR) is 88.8 cm³/mol. The number of benzene rings is 1. The first-order valence-electron chi connectivity index (χ1n) is 7.14. The zero-order valence-electron chi connectivity index (χ0n) is 12.3. The second-order valence-electron chi connectivity index (χ2n) is 4.99. The van der Waals surface area contributed by atoms with Gasteiger partial charge in [0.15, 0.2) is 0 Å². The smallest absolute Gasteiger partial charge is 0.267 e. The Morgan fingerprint density at radius 1 is 1.26 bits per heavy atom. The van der Waals surface area contributed by atoms with Gasteiger partial charge in [0.1, 0.15) is 5.65 Å². The molecule has 0 bridgehead atoms. The first kappa shape index (κ1) is 14.8. The van der Waals surface area contributed by atoms with Crippen LogP contribution in [0.15, 0.2) is 54.7 Å². The molecule has 0 spiro atoms. The summed E-state index contributed by atoms with van der Waals surface area (Å²) >= 11 is 0. The van der Waals surface area contributed by atoms with Gasteiger partial charge in [-0.2, -0.15) is 0 Å². The van der Waals surface area contributed by atoms with Crippen LogP contribution in [0.5, 0.6) is 0 Å². The number of aromatic amines is 1. The number of fused-ring (bicyclic) bond motifs is 1. The maximum atomic E-state index is 11.1. The number of H-pyrrole nitrogens is 1. The molecule has 3 rings (SSSR count). The molecule has 1 amide bonds. The van der Waals surface area contributed by atoms with Crippen LogP contribution in [0.3, 0.4) is 0 Å². The van der Waals surface area contributed by atoms with Gasteiger partial charge in [0.05, 0.1) is 6.54 Å². The van der Waals surface area contributed by atoms with E-state index in [-0.39, 0.29) is 0 Å². The fourth-order valence-electron chi connectivity index (χ4n) is 2.31. The molecule has 0 fully saturated rings. The quantitative estimate of drug-likeness (QED) is 0.331. The highest BCUT2D eigenvalue weighted by Gasteiger charge is 2.03. The third kappa shape index (κ3) is 3.56. The van der Waals surface area contributed by atoms with Gasteiger partial charge in [0, 0.05) is 29.0 Å². The number of anilines is 1. The van der Waals surface area contributed by atoms with Gasteiger partial charge in [0.25, 0.3) is 5.91 Å². The SMILES string of the molecule is O=C(/C=C/c1ccccc1NCc1cc2cccnc2[nH]1)NO. The summed E-state index contributed by atoms with van der Waals surface area (Å²) in [6.45, 7) is 0.605. The lowest BCUT2D eigenvalue weighted by molar-refractivity contribution is -0.124. The molecule has 0 unspecified atom stereocenters. The topological polar surface area (TPSA) is 90.0 Å². The van der Waals surface area contributed by atoms with Crippen molar-refractivity contribution in [2.45, 2.75) is 6.54 Å². The number of hydrogen-bond acceptors (Lipinski definition) is 4. The zero-order chi connectivity index (χ0) is 16.1. The molecule has 0 saturated heterocycles. The van der Waals surface area contributed by atoms with E-state index in [1.54, 1.807) is 17.8 Å². The molecule has 0 saturated carbocycles. The van der Waals surface area contributed by atoms with E-state index in [9.17, 15) is 4.79 Å². The van der Waals surface area contributed by atoms with E-state index < -0.39 is 5.91 Å². The molecular weight excluding hydrogens is 292 g/mol. The van der Waals surface area contributed by atoms with Crippen molar-refractivity contribution in [3.63, 3.8) is 0 Å². The number of para-hydroxylation sites is 1. The average Bonchev–Trinajstić information content (AvgIpc) is 3.01. The molecule has 116 valence electrons. The summed E-state index contributed by atoms with van der Waals surface area (Å²) in [6.07, 6.45) is 4.66. The molecule has 1 aromatic carbocycles. The Hall–Kier alpha value is -3.12. The van der Waals surface area contributed by atoms with E-state index in [0.29, 0.717) is 6.54 Å². The maximum absolute atomic E-state index is 11.1. The van der Waals surface area contributed by atoms with Crippen molar-refractivity contribution >= 4 is 28.7 Å². The average molecular weight is 308 g/mol. The standard InChI is InChI=1S/C17H16N4O2/c22-16(21-23)8-7-12-4-1-2-6-15(12)19-11-14-10-13-5-3-9-18-17(13)20-14/h1-10,19,23H,11H2,(H,18,20)(H,21,22)/b8-7+. The molecule has 0 atom stereocenters. The van der Waals surface area contributed by atoms with Crippen LogP contribution in [-0.4, -0.2) is 21.1 Å². The number of amides is 1. The van der Waals surface area contributed by atoms with E-state index in [0.717, 1.165) is 28.0 Å². The van der Waals surface area contributed by atoms with Gasteiger partial charge in [-0.25, -0.2) is 10.5 Å². The summed E-state index contributed by atoms with van der Waals surface area (Å²) < 4.78 is 0. The molecular formula is C17H16N4O2. The molecule has 0 radical (unpaired) electrons. The number of aromatic nitrogens is 2. The van der Waals surface area contributed by atoms with E-state index in [1.165, 1.54) is 6.08 Å². The van der Waals surface area contributed by atoms with Crippen molar-refractivity contribution in [1.29, 1.82) is 0 Å². The predicted octanol–water partition coefficient (Wildman–Crippen LogP) is 2.69.